The van der Waals surface area contributed by atoms with E-state index >= 15 is 0 Å². The largest absolute Gasteiger partial charge is 0.360 e. The van der Waals surface area contributed by atoms with Crippen LogP contribution < -0.4 is 5.73 Å². The van der Waals surface area contributed by atoms with Gasteiger partial charge in [0.05, 0.1) is 5.52 Å². The van der Waals surface area contributed by atoms with E-state index in [1.54, 1.807) is 6.20 Å². The Morgan fingerprint density at radius 1 is 1.10 bits per heavy atom. The van der Waals surface area contributed by atoms with Crippen LogP contribution in [-0.4, -0.2) is 11.5 Å². The summed E-state index contributed by atoms with van der Waals surface area (Å²) in [4.78, 5) is 4.69. The van der Waals surface area contributed by atoms with Gasteiger partial charge < -0.3 is 10.7 Å². The molecule has 0 saturated heterocycles. The molecule has 108 valence electrons. The van der Waals surface area contributed by atoms with Gasteiger partial charge in [-0.25, -0.2) is 8.78 Å². The second-order valence-electron chi connectivity index (χ2n) is 4.71. The predicted octanol–water partition coefficient (Wildman–Crippen LogP) is 4.10. The predicted molar refractivity (Wildman–Crippen MR) is 81.5 cm³/mol. The fourth-order valence-electron chi connectivity index (χ4n) is 2.32. The van der Waals surface area contributed by atoms with Crippen LogP contribution in [-0.2, 0) is 6.42 Å². The van der Waals surface area contributed by atoms with Crippen molar-refractivity contribution >= 4 is 22.7 Å². The van der Waals surface area contributed by atoms with Crippen molar-refractivity contribution < 1.29 is 8.78 Å². The zero-order valence-corrected chi connectivity index (χ0v) is 12.0. The van der Waals surface area contributed by atoms with Crippen LogP contribution in [0.4, 0.5) is 8.78 Å². The molecule has 0 bridgehead atoms. The fourth-order valence-corrected chi connectivity index (χ4v) is 3.43. The molecular weight excluding hydrogens is 290 g/mol. The van der Waals surface area contributed by atoms with Gasteiger partial charge in [0.25, 0.3) is 0 Å². The molecule has 0 fully saturated rings. The van der Waals surface area contributed by atoms with Crippen LogP contribution in [0.15, 0.2) is 52.4 Å². The molecule has 2 aromatic carbocycles. The number of hydrogen-bond donors (Lipinski definition) is 2. The van der Waals surface area contributed by atoms with Crippen LogP contribution >= 0.6 is 11.8 Å². The van der Waals surface area contributed by atoms with Crippen LogP contribution in [0.5, 0.6) is 0 Å². The van der Waals surface area contributed by atoms with Crippen LogP contribution in [0.25, 0.3) is 10.9 Å². The highest BCUT2D eigenvalue weighted by atomic mass is 32.2. The SMILES string of the molecule is NCCc1ccccc1Sc1c[nH]c2cc(F)cc(F)c12. The zero-order valence-electron chi connectivity index (χ0n) is 11.2. The first-order chi connectivity index (χ1) is 10.2. The summed E-state index contributed by atoms with van der Waals surface area (Å²) in [6, 6.07) is 10.1. The number of fused-ring (bicyclic) bond motifs is 1. The van der Waals surface area contributed by atoms with Crippen LogP contribution in [0.1, 0.15) is 5.56 Å². The summed E-state index contributed by atoms with van der Waals surface area (Å²) in [5.74, 6) is -1.13. The van der Waals surface area contributed by atoms with Crippen LogP contribution in [0.3, 0.4) is 0 Å². The summed E-state index contributed by atoms with van der Waals surface area (Å²) in [7, 11) is 0. The Labute approximate surface area is 125 Å². The van der Waals surface area contributed by atoms with Gasteiger partial charge in [-0.2, -0.15) is 0 Å². The van der Waals surface area contributed by atoms with Crippen LogP contribution in [0.2, 0.25) is 0 Å². The van der Waals surface area contributed by atoms with Gasteiger partial charge in [-0.15, -0.1) is 0 Å². The van der Waals surface area contributed by atoms with E-state index < -0.39 is 11.6 Å². The molecule has 0 aliphatic carbocycles. The number of H-pyrrole nitrogens is 1. The zero-order chi connectivity index (χ0) is 14.8. The maximum Gasteiger partial charge on any atom is 0.136 e. The fraction of sp³-hybridized carbons (Fsp3) is 0.125. The topological polar surface area (TPSA) is 41.8 Å². The summed E-state index contributed by atoms with van der Waals surface area (Å²) >= 11 is 1.46. The highest BCUT2D eigenvalue weighted by Gasteiger charge is 2.13. The Balaban J connectivity index is 2.03. The van der Waals surface area contributed by atoms with Gasteiger partial charge in [0.2, 0.25) is 0 Å². The first-order valence-electron chi connectivity index (χ1n) is 6.61. The number of nitrogens with two attached hydrogens (primary N) is 1. The second-order valence-corrected chi connectivity index (χ2v) is 5.80. The third-order valence-corrected chi connectivity index (χ3v) is 4.43. The molecule has 3 N–H and O–H groups in total. The molecule has 21 heavy (non-hydrogen) atoms. The molecule has 0 spiro atoms. The molecule has 0 saturated carbocycles. The molecule has 0 atom stereocenters. The Morgan fingerprint density at radius 2 is 1.90 bits per heavy atom. The molecule has 3 aromatic rings. The normalized spacial score (nSPS) is 11.2. The van der Waals surface area contributed by atoms with Crippen molar-refractivity contribution in [3.05, 3.63) is 59.8 Å². The minimum atomic E-state index is -0.582. The number of benzene rings is 2. The monoisotopic (exact) mass is 304 g/mol. The summed E-state index contributed by atoms with van der Waals surface area (Å²) < 4.78 is 27.2. The Kier molecular flexibility index (Phi) is 3.94. The minimum absolute atomic E-state index is 0.420. The summed E-state index contributed by atoms with van der Waals surface area (Å²) in [5.41, 5.74) is 7.21. The smallest absolute Gasteiger partial charge is 0.136 e. The van der Waals surface area contributed by atoms with E-state index in [1.165, 1.54) is 17.8 Å². The number of aromatic amines is 1. The molecule has 2 nitrogen and oxygen atoms in total. The van der Waals surface area contributed by atoms with Crippen molar-refractivity contribution in [1.29, 1.82) is 0 Å². The van der Waals surface area contributed by atoms with Crippen molar-refractivity contribution in [2.45, 2.75) is 16.2 Å². The van der Waals surface area contributed by atoms with Crippen molar-refractivity contribution in [1.82, 2.24) is 4.98 Å². The van der Waals surface area contributed by atoms with Crippen molar-refractivity contribution in [2.75, 3.05) is 6.54 Å². The maximum atomic E-state index is 14.0. The molecule has 1 aromatic heterocycles. The van der Waals surface area contributed by atoms with Gasteiger partial charge in [0.15, 0.2) is 0 Å². The Hall–Kier alpha value is -1.85. The van der Waals surface area contributed by atoms with Crippen LogP contribution in [0, 0.1) is 11.6 Å². The second kappa shape index (κ2) is 5.87. The number of halogens is 2. The summed E-state index contributed by atoms with van der Waals surface area (Å²) in [6.07, 6.45) is 2.47. The van der Waals surface area contributed by atoms with Gasteiger partial charge in [-0.05, 0) is 30.7 Å². The highest BCUT2D eigenvalue weighted by Crippen LogP contribution is 2.36. The third-order valence-electron chi connectivity index (χ3n) is 3.27. The van der Waals surface area contributed by atoms with E-state index in [1.807, 2.05) is 24.3 Å². The molecule has 1 heterocycles. The number of hydrogen-bond acceptors (Lipinski definition) is 2. The molecule has 0 aliphatic rings. The van der Waals surface area contributed by atoms with Gasteiger partial charge in [0, 0.05) is 27.4 Å². The average molecular weight is 304 g/mol. The number of rotatable bonds is 4. The lowest BCUT2D eigenvalue weighted by atomic mass is 10.1. The molecule has 0 radical (unpaired) electrons. The summed E-state index contributed by atoms with van der Waals surface area (Å²) in [6.45, 7) is 0.561. The van der Waals surface area contributed by atoms with Gasteiger partial charge in [-0.1, -0.05) is 30.0 Å². The lowest BCUT2D eigenvalue weighted by Gasteiger charge is -2.07. The molecule has 0 aliphatic heterocycles. The molecule has 0 amide bonds. The number of aromatic nitrogens is 1. The van der Waals surface area contributed by atoms with E-state index in [2.05, 4.69) is 4.98 Å². The van der Waals surface area contributed by atoms with E-state index in [9.17, 15) is 8.78 Å². The van der Waals surface area contributed by atoms with Gasteiger partial charge in [-0.3, -0.25) is 0 Å². The molecule has 3 rings (SSSR count). The van der Waals surface area contributed by atoms with E-state index in [-0.39, 0.29) is 0 Å². The Morgan fingerprint density at radius 3 is 2.71 bits per heavy atom. The quantitative estimate of drug-likeness (QED) is 0.762. The molecular formula is C16H14F2N2S. The lowest BCUT2D eigenvalue weighted by molar-refractivity contribution is 0.591. The highest BCUT2D eigenvalue weighted by molar-refractivity contribution is 7.99. The first kappa shape index (κ1) is 14.1. The van der Waals surface area contributed by atoms with Gasteiger partial charge >= 0.3 is 0 Å². The standard InChI is InChI=1S/C16H14F2N2S/c17-11-7-12(18)16-13(8-11)20-9-15(16)21-14-4-2-1-3-10(14)5-6-19/h1-4,7-9,20H,5-6,19H2. The average Bonchev–Trinajstić information content (AvgIpc) is 2.84. The van der Waals surface area contributed by atoms with E-state index in [0.717, 1.165) is 27.8 Å². The maximum absolute atomic E-state index is 14.0. The number of nitrogens with one attached hydrogen (secondary N) is 1. The van der Waals surface area contributed by atoms with Crippen molar-refractivity contribution in [3.63, 3.8) is 0 Å². The van der Waals surface area contributed by atoms with Crippen molar-refractivity contribution in [2.24, 2.45) is 5.73 Å². The molecule has 0 unspecified atom stereocenters. The van der Waals surface area contributed by atoms with E-state index in [0.29, 0.717) is 17.4 Å². The first-order valence-corrected chi connectivity index (χ1v) is 7.42. The minimum Gasteiger partial charge on any atom is -0.360 e. The Bertz CT molecular complexity index is 783. The van der Waals surface area contributed by atoms with E-state index in [4.69, 9.17) is 5.73 Å². The third kappa shape index (κ3) is 2.80. The van der Waals surface area contributed by atoms with Crippen molar-refractivity contribution in [3.8, 4) is 0 Å². The molecule has 5 heteroatoms. The lowest BCUT2D eigenvalue weighted by Crippen LogP contribution is -2.03. The summed E-state index contributed by atoms with van der Waals surface area (Å²) in [5, 5.41) is 0.420. The van der Waals surface area contributed by atoms with Gasteiger partial charge in [0.1, 0.15) is 11.6 Å².